The quantitative estimate of drug-likeness (QED) is 0.254. The molecular weight excluding hydrogens is 546 g/mol. The molecule has 0 spiro atoms. The predicted octanol–water partition coefficient (Wildman–Crippen LogP) is 3.26. The van der Waals surface area contributed by atoms with Gasteiger partial charge in [-0.25, -0.2) is 0 Å². The number of nitrogens with zero attached hydrogens (tertiary/aromatic N) is 1. The number of carbonyl (C=O) groups excluding carboxylic acids is 3. The number of hydrogen-bond acceptors (Lipinski definition) is 6. The SMILES string of the molecule is Br.Br.CCC(=O)Oc1ccccc1C[N+]1(C)[C@@H]2CC[C@H]1CC(OC(=O)CCCC(=O)[O-])C2. The largest absolute Gasteiger partial charge is 0.550 e. The first-order valence-corrected chi connectivity index (χ1v) is 10.8. The summed E-state index contributed by atoms with van der Waals surface area (Å²) in [6.07, 6.45) is 4.23. The van der Waals surface area contributed by atoms with Crippen molar-refractivity contribution in [1.82, 2.24) is 0 Å². The zero-order chi connectivity index (χ0) is 21.7. The third-order valence-corrected chi connectivity index (χ3v) is 6.63. The molecule has 7 nitrogen and oxygen atoms in total. The lowest BCUT2D eigenvalue weighted by Gasteiger charge is -2.47. The second-order valence-electron chi connectivity index (χ2n) is 8.63. The molecule has 0 saturated carbocycles. The molecule has 2 fully saturated rings. The van der Waals surface area contributed by atoms with E-state index in [0.717, 1.165) is 42.3 Å². The number of rotatable bonds is 9. The van der Waals surface area contributed by atoms with Gasteiger partial charge in [-0.05, 0) is 25.0 Å². The highest BCUT2D eigenvalue weighted by Crippen LogP contribution is 2.44. The second-order valence-corrected chi connectivity index (χ2v) is 8.63. The maximum Gasteiger partial charge on any atom is 0.310 e. The van der Waals surface area contributed by atoms with Crippen molar-refractivity contribution in [2.24, 2.45) is 0 Å². The van der Waals surface area contributed by atoms with E-state index in [1.165, 1.54) is 0 Å². The van der Waals surface area contributed by atoms with E-state index in [2.05, 4.69) is 7.05 Å². The Morgan fingerprint density at radius 2 is 1.66 bits per heavy atom. The van der Waals surface area contributed by atoms with Crippen molar-refractivity contribution in [3.8, 4) is 5.75 Å². The molecule has 180 valence electrons. The van der Waals surface area contributed by atoms with Gasteiger partial charge in [0.25, 0.3) is 0 Å². The first kappa shape index (κ1) is 28.6. The molecule has 0 amide bonds. The van der Waals surface area contributed by atoms with Crippen molar-refractivity contribution in [2.45, 2.75) is 83.0 Å². The van der Waals surface area contributed by atoms with Crippen molar-refractivity contribution in [3.63, 3.8) is 0 Å². The molecule has 1 aromatic rings. The zero-order valence-electron chi connectivity index (χ0n) is 18.6. The summed E-state index contributed by atoms with van der Waals surface area (Å²) in [6.45, 7) is 2.55. The molecule has 3 rings (SSSR count). The lowest BCUT2D eigenvalue weighted by Crippen LogP contribution is -2.58. The fourth-order valence-corrected chi connectivity index (χ4v) is 4.97. The number of esters is 2. The number of benzene rings is 1. The Hall–Kier alpha value is -1.45. The van der Waals surface area contributed by atoms with Gasteiger partial charge >= 0.3 is 11.9 Å². The molecule has 9 heteroatoms. The van der Waals surface area contributed by atoms with Crippen LogP contribution >= 0.6 is 34.0 Å². The highest BCUT2D eigenvalue weighted by atomic mass is 79.9. The van der Waals surface area contributed by atoms with Crippen LogP contribution in [0.15, 0.2) is 24.3 Å². The number of carbonyl (C=O) groups is 3. The molecule has 0 radical (unpaired) electrons. The molecule has 32 heavy (non-hydrogen) atoms. The highest BCUT2D eigenvalue weighted by molar-refractivity contribution is 8.93. The number of fused-ring (bicyclic) bond motifs is 2. The van der Waals surface area contributed by atoms with Crippen LogP contribution in [0.4, 0.5) is 0 Å². The Balaban J connectivity index is 0.00000256. The number of carboxylic acid groups (broad SMARTS) is 1. The third kappa shape index (κ3) is 7.02. The summed E-state index contributed by atoms with van der Waals surface area (Å²) in [6, 6.07) is 8.46. The normalized spacial score (nSPS) is 25.8. The van der Waals surface area contributed by atoms with E-state index in [1.54, 1.807) is 6.92 Å². The van der Waals surface area contributed by atoms with Crippen molar-refractivity contribution >= 4 is 51.9 Å². The lowest BCUT2D eigenvalue weighted by atomic mass is 9.95. The minimum atomic E-state index is -1.14. The molecule has 0 N–H and O–H groups in total. The van der Waals surface area contributed by atoms with Crippen LogP contribution in [0.2, 0.25) is 0 Å². The summed E-state index contributed by atoms with van der Waals surface area (Å²) in [4.78, 5) is 34.4. The van der Waals surface area contributed by atoms with Gasteiger partial charge in [-0.1, -0.05) is 19.1 Å². The summed E-state index contributed by atoms with van der Waals surface area (Å²) in [5, 5.41) is 10.5. The van der Waals surface area contributed by atoms with E-state index < -0.39 is 5.97 Å². The third-order valence-electron chi connectivity index (χ3n) is 6.63. The Morgan fingerprint density at radius 3 is 2.25 bits per heavy atom. The van der Waals surface area contributed by atoms with E-state index in [1.807, 2.05) is 24.3 Å². The summed E-state index contributed by atoms with van der Waals surface area (Å²) in [5.41, 5.74) is 1.02. The fraction of sp³-hybridized carbons (Fsp3) is 0.609. The first-order valence-electron chi connectivity index (χ1n) is 10.8. The molecule has 2 bridgehead atoms. The standard InChI is InChI=1S/C23H31NO6.2BrH/c1-3-22(27)30-20-8-5-4-7-16(20)15-24(2)17-11-12-18(24)14-19(13-17)29-23(28)10-6-9-21(25)26;;/h4-5,7-8,17-19H,3,6,9-15H2,1-2H3;2*1H/t17-,18+,19?,24?;;. The van der Waals surface area contributed by atoms with Crippen LogP contribution in [-0.4, -0.2) is 47.6 Å². The number of quaternary nitrogens is 1. The highest BCUT2D eigenvalue weighted by Gasteiger charge is 2.52. The van der Waals surface area contributed by atoms with Crippen molar-refractivity contribution in [1.29, 1.82) is 0 Å². The molecule has 2 unspecified atom stereocenters. The Labute approximate surface area is 210 Å². The maximum absolute atomic E-state index is 12.1. The Bertz CT molecular complexity index is 788. The van der Waals surface area contributed by atoms with Crippen LogP contribution in [0.5, 0.6) is 5.75 Å². The van der Waals surface area contributed by atoms with E-state index in [0.29, 0.717) is 24.3 Å². The van der Waals surface area contributed by atoms with Gasteiger partial charge < -0.3 is 23.9 Å². The summed E-state index contributed by atoms with van der Waals surface area (Å²) < 4.78 is 12.1. The number of piperidine rings is 1. The molecular formula is C23H33Br2NO6. The number of halogens is 2. The predicted molar refractivity (Wildman–Crippen MR) is 128 cm³/mol. The molecule has 2 saturated heterocycles. The summed E-state index contributed by atoms with van der Waals surface area (Å²) in [7, 11) is 2.25. The number of para-hydroxylation sites is 1. The molecule has 2 heterocycles. The molecule has 1 aromatic carbocycles. The van der Waals surface area contributed by atoms with E-state index in [-0.39, 0.29) is 71.3 Å². The number of hydrogen-bond donors (Lipinski definition) is 0. The molecule has 0 aliphatic carbocycles. The minimum Gasteiger partial charge on any atom is -0.550 e. The molecule has 4 atom stereocenters. The molecule has 2 aliphatic heterocycles. The van der Waals surface area contributed by atoms with Gasteiger partial charge in [-0.15, -0.1) is 34.0 Å². The van der Waals surface area contributed by atoms with Gasteiger partial charge in [0.1, 0.15) is 18.4 Å². The molecule has 2 aliphatic rings. The van der Waals surface area contributed by atoms with E-state index in [9.17, 15) is 19.5 Å². The van der Waals surface area contributed by atoms with Crippen LogP contribution in [0.3, 0.4) is 0 Å². The van der Waals surface area contributed by atoms with Crippen molar-refractivity contribution in [2.75, 3.05) is 7.05 Å². The van der Waals surface area contributed by atoms with Crippen LogP contribution in [-0.2, 0) is 25.7 Å². The maximum atomic E-state index is 12.1. The average molecular weight is 579 g/mol. The topological polar surface area (TPSA) is 92.7 Å². The van der Waals surface area contributed by atoms with Gasteiger partial charge in [0.2, 0.25) is 0 Å². The first-order chi connectivity index (χ1) is 14.3. The Morgan fingerprint density at radius 1 is 1.03 bits per heavy atom. The van der Waals surface area contributed by atoms with Gasteiger partial charge in [-0.2, -0.15) is 0 Å². The van der Waals surface area contributed by atoms with Gasteiger partial charge in [0.15, 0.2) is 0 Å². The summed E-state index contributed by atoms with van der Waals surface area (Å²) in [5.74, 6) is -1.08. The molecule has 0 aromatic heterocycles. The Kier molecular flexibility index (Phi) is 11.3. The smallest absolute Gasteiger partial charge is 0.310 e. The minimum absolute atomic E-state index is 0. The van der Waals surface area contributed by atoms with E-state index >= 15 is 0 Å². The van der Waals surface area contributed by atoms with Gasteiger partial charge in [-0.3, -0.25) is 9.59 Å². The van der Waals surface area contributed by atoms with Crippen LogP contribution in [0, 0.1) is 0 Å². The van der Waals surface area contributed by atoms with E-state index in [4.69, 9.17) is 9.47 Å². The number of carboxylic acids is 1. The van der Waals surface area contributed by atoms with Crippen LogP contribution in [0.1, 0.15) is 63.9 Å². The van der Waals surface area contributed by atoms with Crippen molar-refractivity contribution < 1.29 is 33.4 Å². The second kappa shape index (κ2) is 12.7. The van der Waals surface area contributed by atoms with Crippen LogP contribution < -0.4 is 9.84 Å². The monoisotopic (exact) mass is 577 g/mol. The van der Waals surface area contributed by atoms with Crippen LogP contribution in [0.25, 0.3) is 0 Å². The number of aliphatic carboxylic acids is 1. The average Bonchev–Trinajstić information content (AvgIpc) is 2.86. The lowest BCUT2D eigenvalue weighted by molar-refractivity contribution is -0.961. The van der Waals surface area contributed by atoms with Crippen molar-refractivity contribution in [3.05, 3.63) is 29.8 Å². The van der Waals surface area contributed by atoms with Gasteiger partial charge in [0.05, 0.1) is 19.1 Å². The summed E-state index contributed by atoms with van der Waals surface area (Å²) >= 11 is 0. The number of ether oxygens (including phenoxy) is 2. The van der Waals surface area contributed by atoms with Gasteiger partial charge in [0, 0.05) is 50.1 Å². The zero-order valence-corrected chi connectivity index (χ0v) is 22.0. The fourth-order valence-electron chi connectivity index (χ4n) is 4.97.